The molecule has 112 valence electrons. The second-order valence-electron chi connectivity index (χ2n) is 5.73. The summed E-state index contributed by atoms with van der Waals surface area (Å²) < 4.78 is 0. The first-order valence-electron chi connectivity index (χ1n) is 7.33. The van der Waals surface area contributed by atoms with E-state index >= 15 is 0 Å². The van der Waals surface area contributed by atoms with Gasteiger partial charge in [-0.15, -0.1) is 0 Å². The minimum Gasteiger partial charge on any atom is -0.382 e. The SMILES string of the molecule is CC(C)Nc1nc(N)c(C(=O)N2CCCCCC2C)s1. The second kappa shape index (κ2) is 6.43. The lowest BCUT2D eigenvalue weighted by atomic mass is 10.1. The Balaban J connectivity index is 2.17. The fraction of sp³-hybridized carbons (Fsp3) is 0.714. The van der Waals surface area contributed by atoms with Crippen molar-refractivity contribution in [2.45, 2.75) is 58.5 Å². The van der Waals surface area contributed by atoms with Crippen LogP contribution in [0.3, 0.4) is 0 Å². The van der Waals surface area contributed by atoms with Crippen LogP contribution in [0.1, 0.15) is 56.1 Å². The Morgan fingerprint density at radius 2 is 2.20 bits per heavy atom. The number of carbonyl (C=O) groups is 1. The molecule has 0 radical (unpaired) electrons. The number of hydrogen-bond donors (Lipinski definition) is 2. The van der Waals surface area contributed by atoms with Gasteiger partial charge in [0, 0.05) is 18.6 Å². The number of amides is 1. The first-order chi connectivity index (χ1) is 9.49. The van der Waals surface area contributed by atoms with E-state index in [-0.39, 0.29) is 18.0 Å². The zero-order chi connectivity index (χ0) is 14.7. The molecule has 1 aliphatic heterocycles. The van der Waals surface area contributed by atoms with Crippen molar-refractivity contribution in [3.8, 4) is 0 Å². The maximum atomic E-state index is 12.7. The van der Waals surface area contributed by atoms with Gasteiger partial charge in [-0.05, 0) is 33.6 Å². The van der Waals surface area contributed by atoms with Crippen LogP contribution < -0.4 is 11.1 Å². The Labute approximate surface area is 124 Å². The number of nitrogens with one attached hydrogen (secondary N) is 1. The van der Waals surface area contributed by atoms with Gasteiger partial charge in [0.1, 0.15) is 10.7 Å². The van der Waals surface area contributed by atoms with Crippen LogP contribution in [0.15, 0.2) is 0 Å². The molecule has 1 atom stereocenters. The van der Waals surface area contributed by atoms with Crippen molar-refractivity contribution in [3.05, 3.63) is 4.88 Å². The smallest absolute Gasteiger partial charge is 0.268 e. The summed E-state index contributed by atoms with van der Waals surface area (Å²) in [5.74, 6) is 0.380. The molecular weight excluding hydrogens is 272 g/mol. The standard InChI is InChI=1S/C14H24N4OS/c1-9(2)16-14-17-12(15)11(20-14)13(19)18-8-6-4-5-7-10(18)3/h9-10H,4-8,15H2,1-3H3,(H,16,17). The Morgan fingerprint density at radius 1 is 1.45 bits per heavy atom. The fourth-order valence-electron chi connectivity index (χ4n) is 2.50. The zero-order valence-electron chi connectivity index (χ0n) is 12.5. The lowest BCUT2D eigenvalue weighted by Crippen LogP contribution is -2.38. The van der Waals surface area contributed by atoms with Crippen LogP contribution in [0.2, 0.25) is 0 Å². The Morgan fingerprint density at radius 3 is 2.90 bits per heavy atom. The van der Waals surface area contributed by atoms with Gasteiger partial charge in [-0.25, -0.2) is 4.98 Å². The number of hydrogen-bond acceptors (Lipinski definition) is 5. The average Bonchev–Trinajstić information content (AvgIpc) is 2.58. The van der Waals surface area contributed by atoms with Crippen molar-refractivity contribution >= 4 is 28.2 Å². The predicted octanol–water partition coefficient (Wildman–Crippen LogP) is 2.95. The third-order valence-corrected chi connectivity index (χ3v) is 4.56. The molecule has 2 heterocycles. The number of thiazole rings is 1. The summed E-state index contributed by atoms with van der Waals surface area (Å²) in [5.41, 5.74) is 5.92. The molecule has 0 aromatic carbocycles. The molecule has 0 spiro atoms. The molecule has 3 N–H and O–H groups in total. The van der Waals surface area contributed by atoms with E-state index in [9.17, 15) is 4.79 Å². The maximum Gasteiger partial charge on any atom is 0.268 e. The summed E-state index contributed by atoms with van der Waals surface area (Å²) in [5, 5.41) is 3.93. The molecular formula is C14H24N4OS. The lowest BCUT2D eigenvalue weighted by Gasteiger charge is -2.26. The van der Waals surface area contributed by atoms with Crippen LogP contribution >= 0.6 is 11.3 Å². The topological polar surface area (TPSA) is 71.2 Å². The summed E-state index contributed by atoms with van der Waals surface area (Å²) in [6.45, 7) is 7.02. The fourth-order valence-corrected chi connectivity index (χ4v) is 3.49. The predicted molar refractivity (Wildman–Crippen MR) is 84.3 cm³/mol. The largest absolute Gasteiger partial charge is 0.382 e. The highest BCUT2D eigenvalue weighted by atomic mass is 32.1. The Bertz CT molecular complexity index is 472. The van der Waals surface area contributed by atoms with E-state index < -0.39 is 0 Å². The summed E-state index contributed by atoms with van der Waals surface area (Å²) in [6.07, 6.45) is 4.54. The Kier molecular flexibility index (Phi) is 4.86. The summed E-state index contributed by atoms with van der Waals surface area (Å²) >= 11 is 1.36. The molecule has 20 heavy (non-hydrogen) atoms. The van der Waals surface area contributed by atoms with E-state index in [2.05, 4.69) is 17.2 Å². The molecule has 0 saturated carbocycles. The molecule has 2 rings (SSSR count). The van der Waals surface area contributed by atoms with Crippen molar-refractivity contribution in [1.29, 1.82) is 0 Å². The molecule has 1 aromatic rings. The molecule has 1 aliphatic rings. The van der Waals surface area contributed by atoms with Crippen LogP contribution in [0.25, 0.3) is 0 Å². The number of aromatic nitrogens is 1. The number of nitrogens with two attached hydrogens (primary N) is 1. The number of anilines is 2. The lowest BCUT2D eigenvalue weighted by molar-refractivity contribution is 0.0703. The molecule has 1 saturated heterocycles. The van der Waals surface area contributed by atoms with Crippen LogP contribution in [0, 0.1) is 0 Å². The number of carbonyl (C=O) groups excluding carboxylic acids is 1. The van der Waals surface area contributed by atoms with Crippen molar-refractivity contribution in [2.75, 3.05) is 17.6 Å². The van der Waals surface area contributed by atoms with Crippen molar-refractivity contribution < 1.29 is 4.79 Å². The van der Waals surface area contributed by atoms with E-state index in [0.29, 0.717) is 10.7 Å². The second-order valence-corrected chi connectivity index (χ2v) is 6.73. The zero-order valence-corrected chi connectivity index (χ0v) is 13.3. The van der Waals surface area contributed by atoms with Gasteiger partial charge >= 0.3 is 0 Å². The summed E-state index contributed by atoms with van der Waals surface area (Å²) in [4.78, 5) is 19.4. The number of nitrogens with zero attached hydrogens (tertiary/aromatic N) is 2. The van der Waals surface area contributed by atoms with Gasteiger partial charge in [0.25, 0.3) is 5.91 Å². The number of nitrogen functional groups attached to an aromatic ring is 1. The van der Waals surface area contributed by atoms with Gasteiger partial charge < -0.3 is 16.0 Å². The van der Waals surface area contributed by atoms with E-state index in [4.69, 9.17) is 5.73 Å². The van der Waals surface area contributed by atoms with Crippen LogP contribution in [0.5, 0.6) is 0 Å². The van der Waals surface area contributed by atoms with Crippen molar-refractivity contribution in [3.63, 3.8) is 0 Å². The minimum absolute atomic E-state index is 0.0335. The summed E-state index contributed by atoms with van der Waals surface area (Å²) in [6, 6.07) is 0.564. The molecule has 1 amide bonds. The molecule has 0 aliphatic carbocycles. The van der Waals surface area contributed by atoms with E-state index in [1.54, 1.807) is 0 Å². The van der Waals surface area contributed by atoms with Crippen molar-refractivity contribution in [1.82, 2.24) is 9.88 Å². The third kappa shape index (κ3) is 3.42. The quantitative estimate of drug-likeness (QED) is 0.899. The number of rotatable bonds is 3. The molecule has 1 fully saturated rings. The van der Waals surface area contributed by atoms with E-state index in [1.807, 2.05) is 18.7 Å². The van der Waals surface area contributed by atoms with E-state index in [0.717, 1.165) is 24.5 Å². The number of likely N-dealkylation sites (tertiary alicyclic amines) is 1. The highest BCUT2D eigenvalue weighted by molar-refractivity contribution is 7.18. The van der Waals surface area contributed by atoms with Crippen LogP contribution in [-0.4, -0.2) is 34.4 Å². The van der Waals surface area contributed by atoms with Crippen LogP contribution in [0.4, 0.5) is 10.9 Å². The summed E-state index contributed by atoms with van der Waals surface area (Å²) in [7, 11) is 0. The Hall–Kier alpha value is -1.30. The van der Waals surface area contributed by atoms with Crippen molar-refractivity contribution in [2.24, 2.45) is 0 Å². The third-order valence-electron chi connectivity index (χ3n) is 3.57. The van der Waals surface area contributed by atoms with Gasteiger partial charge in [0.2, 0.25) is 0 Å². The highest BCUT2D eigenvalue weighted by Gasteiger charge is 2.26. The maximum absolute atomic E-state index is 12.7. The molecule has 1 aromatic heterocycles. The van der Waals surface area contributed by atoms with Gasteiger partial charge in [0.15, 0.2) is 5.13 Å². The first kappa shape index (κ1) is 15.1. The highest BCUT2D eigenvalue weighted by Crippen LogP contribution is 2.28. The minimum atomic E-state index is 0.0335. The first-order valence-corrected chi connectivity index (χ1v) is 8.14. The molecule has 0 bridgehead atoms. The molecule has 1 unspecified atom stereocenters. The van der Waals surface area contributed by atoms with Crippen LogP contribution in [-0.2, 0) is 0 Å². The van der Waals surface area contributed by atoms with Gasteiger partial charge in [0.05, 0.1) is 0 Å². The van der Waals surface area contributed by atoms with Gasteiger partial charge in [-0.2, -0.15) is 0 Å². The van der Waals surface area contributed by atoms with Gasteiger partial charge in [-0.1, -0.05) is 24.2 Å². The monoisotopic (exact) mass is 296 g/mol. The van der Waals surface area contributed by atoms with E-state index in [1.165, 1.54) is 24.2 Å². The van der Waals surface area contributed by atoms with Gasteiger partial charge in [-0.3, -0.25) is 4.79 Å². The average molecular weight is 296 g/mol. The normalized spacial score (nSPS) is 20.0. The molecule has 6 heteroatoms. The molecule has 5 nitrogen and oxygen atoms in total.